The van der Waals surface area contributed by atoms with Gasteiger partial charge in [0.15, 0.2) is 5.60 Å². The third-order valence-corrected chi connectivity index (χ3v) is 13.7. The van der Waals surface area contributed by atoms with Crippen LogP contribution in [0.4, 0.5) is 0 Å². The van der Waals surface area contributed by atoms with Crippen LogP contribution in [0, 0.1) is 23.7 Å². The summed E-state index contributed by atoms with van der Waals surface area (Å²) >= 11 is 0. The Hall–Kier alpha value is -4.91. The molecule has 2 saturated heterocycles. The number of nitrogens with zero attached hydrogens (tertiary/aromatic N) is 1. The van der Waals surface area contributed by atoms with Crippen molar-refractivity contribution < 1.29 is 38.7 Å². The molecule has 5 aliphatic rings. The van der Waals surface area contributed by atoms with E-state index in [1.807, 2.05) is 24.3 Å². The molecule has 6 atom stereocenters. The predicted octanol–water partition coefficient (Wildman–Crippen LogP) is 3.83. The number of fused-ring (bicyclic) bond motifs is 3. The average Bonchev–Trinajstić information content (AvgIpc) is 3.95. The first-order chi connectivity index (χ1) is 28.6. The Bertz CT molecular complexity index is 1770. The molecule has 2 heterocycles. The van der Waals surface area contributed by atoms with Gasteiger partial charge in [0.2, 0.25) is 23.6 Å². The van der Waals surface area contributed by atoms with Crippen LogP contribution >= 0.6 is 0 Å². The van der Waals surface area contributed by atoms with E-state index in [9.17, 15) is 24.3 Å². The van der Waals surface area contributed by atoms with Crippen molar-refractivity contribution in [1.29, 1.82) is 0 Å². The number of aliphatic hydroxyl groups is 1. The fraction of sp³-hybridized carbons (Fsp3) is 0.587. The highest BCUT2D eigenvalue weighted by molar-refractivity contribution is 6.03. The van der Waals surface area contributed by atoms with E-state index in [4.69, 9.17) is 0 Å². The standard InChI is InChI=1S/C46H59N5O8/c52-27-33(25-31-19-21-47-41(31)54)49-43(56)39(23-29-11-3-1-4-12-29)51(45(58)46(59)37-17-9-7-15-35(37)36-16-8-10-18-38(36)46)40(24-30-13-5-2-6-14-30)44(57)50-34(28-53)26-32-20-22-48-42(32)55/h7-10,15-18,27-34,39-40,59H,1-6,11-14,19-26H2,(H,47,54)(H,48,55)(H,49,56)(H,50,57). The fourth-order valence-corrected chi connectivity index (χ4v) is 10.5. The molecule has 7 rings (SSSR count). The highest BCUT2D eigenvalue weighted by Crippen LogP contribution is 2.49. The number of hydrogen-bond acceptors (Lipinski definition) is 8. The molecule has 2 saturated carbocycles. The van der Waals surface area contributed by atoms with Crippen LogP contribution in [-0.2, 0) is 39.2 Å². The molecular weight excluding hydrogens is 751 g/mol. The Morgan fingerprint density at radius 2 is 1.05 bits per heavy atom. The normalized spacial score (nSPS) is 23.4. The largest absolute Gasteiger partial charge is 0.372 e. The molecule has 2 aromatic carbocycles. The minimum absolute atomic E-state index is 0.00452. The Kier molecular flexibility index (Phi) is 13.6. The van der Waals surface area contributed by atoms with Gasteiger partial charge in [0, 0.05) is 36.1 Å². The summed E-state index contributed by atoms with van der Waals surface area (Å²) in [4.78, 5) is 97.8. The Balaban J connectivity index is 1.34. The minimum Gasteiger partial charge on any atom is -0.372 e. The molecule has 5 N–H and O–H groups in total. The summed E-state index contributed by atoms with van der Waals surface area (Å²) in [6, 6.07) is 9.53. The number of benzene rings is 2. The molecule has 0 aromatic heterocycles. The van der Waals surface area contributed by atoms with E-state index in [1.54, 1.807) is 24.3 Å². The van der Waals surface area contributed by atoms with Gasteiger partial charge in [0.05, 0.1) is 12.1 Å². The van der Waals surface area contributed by atoms with Gasteiger partial charge >= 0.3 is 0 Å². The Morgan fingerprint density at radius 3 is 1.42 bits per heavy atom. The van der Waals surface area contributed by atoms with Crippen molar-refractivity contribution in [1.82, 2.24) is 26.2 Å². The molecule has 13 nitrogen and oxygen atoms in total. The number of nitrogens with one attached hydrogen (secondary N) is 4. The van der Waals surface area contributed by atoms with E-state index in [1.165, 1.54) is 4.90 Å². The maximum atomic E-state index is 16.0. The van der Waals surface area contributed by atoms with Crippen LogP contribution in [0.1, 0.15) is 114 Å². The summed E-state index contributed by atoms with van der Waals surface area (Å²) in [6.45, 7) is 0.949. The minimum atomic E-state index is -2.29. The van der Waals surface area contributed by atoms with E-state index in [2.05, 4.69) is 21.3 Å². The maximum Gasteiger partial charge on any atom is 0.265 e. The SMILES string of the molecule is O=CC(CC1CCNC1=O)NC(=O)C(CC1CCCCC1)N(C(=O)C1(O)c2ccccc2-c2ccccc21)C(CC1CCCCC1)C(=O)NC(C=O)CC1CCNC1=O. The van der Waals surface area contributed by atoms with Crippen LogP contribution in [-0.4, -0.2) is 89.4 Å². The van der Waals surface area contributed by atoms with Crippen molar-refractivity contribution in [3.8, 4) is 11.1 Å². The number of carbonyl (C=O) groups excluding carboxylic acids is 7. The van der Waals surface area contributed by atoms with Gasteiger partial charge in [-0.2, -0.15) is 0 Å². The molecule has 5 amide bonds. The lowest BCUT2D eigenvalue weighted by molar-refractivity contribution is -0.161. The number of aldehydes is 2. The summed E-state index contributed by atoms with van der Waals surface area (Å²) in [6.07, 6.45) is 11.8. The molecule has 2 aliphatic heterocycles. The van der Waals surface area contributed by atoms with Crippen LogP contribution in [0.2, 0.25) is 0 Å². The number of carbonyl (C=O) groups is 7. The zero-order valence-electron chi connectivity index (χ0n) is 33.9. The van der Waals surface area contributed by atoms with Gasteiger partial charge < -0.3 is 40.9 Å². The zero-order valence-corrected chi connectivity index (χ0v) is 33.9. The molecule has 0 spiro atoms. The van der Waals surface area contributed by atoms with Crippen molar-refractivity contribution >= 4 is 42.1 Å². The first kappa shape index (κ1) is 42.2. The second kappa shape index (κ2) is 19.0. The van der Waals surface area contributed by atoms with Gasteiger partial charge in [-0.25, -0.2) is 0 Å². The number of amides is 5. The maximum absolute atomic E-state index is 16.0. The molecule has 0 bridgehead atoms. The fourth-order valence-electron chi connectivity index (χ4n) is 10.5. The van der Waals surface area contributed by atoms with E-state index in [0.29, 0.717) is 60.8 Å². The summed E-state index contributed by atoms with van der Waals surface area (Å²) in [5, 5.41) is 24.5. The highest BCUT2D eigenvalue weighted by atomic mass is 16.3. The van der Waals surface area contributed by atoms with Gasteiger partial charge in [-0.3, -0.25) is 24.0 Å². The predicted molar refractivity (Wildman–Crippen MR) is 219 cm³/mol. The van der Waals surface area contributed by atoms with Crippen molar-refractivity contribution in [2.24, 2.45) is 23.7 Å². The van der Waals surface area contributed by atoms with Crippen LogP contribution in [0.5, 0.6) is 0 Å². The van der Waals surface area contributed by atoms with Gasteiger partial charge in [-0.05, 0) is 61.5 Å². The zero-order chi connectivity index (χ0) is 41.5. The molecule has 59 heavy (non-hydrogen) atoms. The molecule has 4 fully saturated rings. The van der Waals surface area contributed by atoms with Crippen molar-refractivity contribution in [2.75, 3.05) is 13.1 Å². The lowest BCUT2D eigenvalue weighted by Gasteiger charge is -2.43. The van der Waals surface area contributed by atoms with Gasteiger partial charge in [-0.1, -0.05) is 113 Å². The van der Waals surface area contributed by atoms with E-state index < -0.39 is 59.3 Å². The van der Waals surface area contributed by atoms with Gasteiger partial charge in [0.1, 0.15) is 24.7 Å². The van der Waals surface area contributed by atoms with Crippen LogP contribution in [0.3, 0.4) is 0 Å². The third-order valence-electron chi connectivity index (χ3n) is 13.7. The lowest BCUT2D eigenvalue weighted by Crippen LogP contribution is -2.64. The van der Waals surface area contributed by atoms with E-state index >= 15 is 14.4 Å². The van der Waals surface area contributed by atoms with Crippen molar-refractivity contribution in [3.05, 3.63) is 59.7 Å². The first-order valence-electron chi connectivity index (χ1n) is 21.9. The lowest BCUT2D eigenvalue weighted by atomic mass is 9.80. The van der Waals surface area contributed by atoms with Crippen molar-refractivity contribution in [2.45, 2.75) is 133 Å². The summed E-state index contributed by atoms with van der Waals surface area (Å²) in [7, 11) is 0. The molecule has 316 valence electrons. The summed E-state index contributed by atoms with van der Waals surface area (Å²) in [5.41, 5.74) is -0.303. The average molecular weight is 810 g/mol. The third kappa shape index (κ3) is 9.15. The Labute approximate surface area is 346 Å². The summed E-state index contributed by atoms with van der Waals surface area (Å²) < 4.78 is 0. The van der Waals surface area contributed by atoms with Gasteiger partial charge in [0.25, 0.3) is 5.91 Å². The number of rotatable bonds is 17. The number of hydrogen-bond donors (Lipinski definition) is 5. The topological polar surface area (TPSA) is 191 Å². The molecule has 2 aromatic rings. The van der Waals surface area contributed by atoms with Gasteiger partial charge in [-0.15, -0.1) is 0 Å². The smallest absolute Gasteiger partial charge is 0.265 e. The molecule has 0 radical (unpaired) electrons. The monoisotopic (exact) mass is 809 g/mol. The Morgan fingerprint density at radius 1 is 0.644 bits per heavy atom. The van der Waals surface area contributed by atoms with E-state index in [0.717, 1.165) is 64.2 Å². The second-order valence-corrected chi connectivity index (χ2v) is 17.6. The highest BCUT2D eigenvalue weighted by Gasteiger charge is 2.54. The van der Waals surface area contributed by atoms with Crippen LogP contribution < -0.4 is 21.3 Å². The molecule has 13 heteroatoms. The summed E-state index contributed by atoms with van der Waals surface area (Å²) in [5.74, 6) is -3.43. The first-order valence-corrected chi connectivity index (χ1v) is 21.9. The molecule has 6 unspecified atom stereocenters. The molecular formula is C46H59N5O8. The molecule has 3 aliphatic carbocycles. The van der Waals surface area contributed by atoms with Crippen molar-refractivity contribution in [3.63, 3.8) is 0 Å². The second-order valence-electron chi connectivity index (χ2n) is 17.6. The van der Waals surface area contributed by atoms with E-state index in [-0.39, 0.29) is 49.3 Å². The van der Waals surface area contributed by atoms with Crippen LogP contribution in [0.25, 0.3) is 11.1 Å². The quantitative estimate of drug-likeness (QED) is 0.149. The van der Waals surface area contributed by atoms with Crippen LogP contribution in [0.15, 0.2) is 48.5 Å².